The predicted molar refractivity (Wildman–Crippen MR) is 54.8 cm³/mol. The number of nitrogen functional groups attached to an aromatic ring is 1. The normalized spacial score (nSPS) is 10.9. The molecule has 2 N–H and O–H groups in total. The second kappa shape index (κ2) is 3.68. The monoisotopic (exact) mass is 210 g/mol. The Hall–Kier alpha value is -1.54. The Bertz CT molecular complexity index is 486. The van der Waals surface area contributed by atoms with Gasteiger partial charge in [0.05, 0.1) is 17.2 Å². The van der Waals surface area contributed by atoms with Crippen molar-refractivity contribution >= 4 is 21.2 Å². The molecule has 0 aliphatic heterocycles. The molecule has 0 radical (unpaired) electrons. The Kier molecular flexibility index (Phi) is 2.77. The molecule has 5 heteroatoms. The van der Waals surface area contributed by atoms with Gasteiger partial charge in [0.15, 0.2) is 9.84 Å². The molecule has 74 valence electrons. The van der Waals surface area contributed by atoms with Crippen LogP contribution in [-0.2, 0) is 9.84 Å². The van der Waals surface area contributed by atoms with E-state index in [1.807, 2.05) is 0 Å². The molecule has 0 saturated heterocycles. The number of hydrogen-bond donors (Lipinski definition) is 1. The maximum atomic E-state index is 11.5. The standard InChI is InChI=1S/C9H10N2O2S/c1-3-14(12,13)9-5-4-7(10)6-8(9)11-2/h4-6H,3,10H2,1H3. The Labute approximate surface area is 83.1 Å². The molecule has 0 bridgehead atoms. The first-order chi connectivity index (χ1) is 6.51. The van der Waals surface area contributed by atoms with E-state index < -0.39 is 9.84 Å². The number of hydrogen-bond acceptors (Lipinski definition) is 3. The molecular weight excluding hydrogens is 200 g/mol. The topological polar surface area (TPSA) is 64.5 Å². The minimum Gasteiger partial charge on any atom is -0.400 e. The molecular formula is C9H10N2O2S. The SMILES string of the molecule is [C-]#[N+]c1cc(N)ccc1S(=O)(=O)CC. The van der Waals surface area contributed by atoms with Gasteiger partial charge in [-0.05, 0) is 12.1 Å². The lowest BCUT2D eigenvalue weighted by Crippen LogP contribution is -2.03. The molecule has 0 spiro atoms. The highest BCUT2D eigenvalue weighted by molar-refractivity contribution is 7.91. The molecule has 0 heterocycles. The van der Waals surface area contributed by atoms with E-state index in [-0.39, 0.29) is 16.3 Å². The molecule has 0 atom stereocenters. The lowest BCUT2D eigenvalue weighted by molar-refractivity contribution is 0.598. The van der Waals surface area contributed by atoms with Gasteiger partial charge < -0.3 is 5.73 Å². The minimum atomic E-state index is -3.33. The van der Waals surface area contributed by atoms with Gasteiger partial charge in [-0.1, -0.05) is 13.0 Å². The molecule has 0 aliphatic rings. The molecule has 0 saturated carbocycles. The third-order valence-electron chi connectivity index (χ3n) is 1.82. The highest BCUT2D eigenvalue weighted by Gasteiger charge is 2.16. The van der Waals surface area contributed by atoms with Crippen LogP contribution in [-0.4, -0.2) is 14.2 Å². The van der Waals surface area contributed by atoms with Crippen molar-refractivity contribution in [2.75, 3.05) is 11.5 Å². The fraction of sp³-hybridized carbons (Fsp3) is 0.222. The number of anilines is 1. The van der Waals surface area contributed by atoms with Crippen LogP contribution in [0.3, 0.4) is 0 Å². The predicted octanol–water partition coefficient (Wildman–Crippen LogP) is 1.61. The molecule has 0 unspecified atom stereocenters. The van der Waals surface area contributed by atoms with Crippen molar-refractivity contribution in [1.29, 1.82) is 0 Å². The van der Waals surface area contributed by atoms with E-state index >= 15 is 0 Å². The summed E-state index contributed by atoms with van der Waals surface area (Å²) in [7, 11) is -3.33. The van der Waals surface area contributed by atoms with E-state index in [2.05, 4.69) is 4.85 Å². The quantitative estimate of drug-likeness (QED) is 0.595. The fourth-order valence-electron chi connectivity index (χ4n) is 1.04. The van der Waals surface area contributed by atoms with Crippen molar-refractivity contribution in [3.63, 3.8) is 0 Å². The summed E-state index contributed by atoms with van der Waals surface area (Å²) in [6.45, 7) is 8.38. The van der Waals surface area contributed by atoms with Crippen LogP contribution in [0.5, 0.6) is 0 Å². The van der Waals surface area contributed by atoms with Gasteiger partial charge in [-0.2, -0.15) is 0 Å². The fourth-order valence-corrected chi connectivity index (χ4v) is 2.05. The van der Waals surface area contributed by atoms with E-state index in [1.165, 1.54) is 18.2 Å². The summed E-state index contributed by atoms with van der Waals surface area (Å²) >= 11 is 0. The third-order valence-corrected chi connectivity index (χ3v) is 3.59. The molecule has 4 nitrogen and oxygen atoms in total. The number of nitrogens with two attached hydrogens (primary N) is 1. The van der Waals surface area contributed by atoms with E-state index in [9.17, 15) is 8.42 Å². The van der Waals surface area contributed by atoms with E-state index in [0.717, 1.165) is 0 Å². The van der Waals surface area contributed by atoms with Crippen molar-refractivity contribution < 1.29 is 8.42 Å². The van der Waals surface area contributed by atoms with Crippen molar-refractivity contribution in [1.82, 2.24) is 0 Å². The number of rotatable bonds is 2. The van der Waals surface area contributed by atoms with Crippen LogP contribution in [0.1, 0.15) is 6.92 Å². The Morgan fingerprint density at radius 3 is 2.64 bits per heavy atom. The maximum Gasteiger partial charge on any atom is 0.207 e. The Morgan fingerprint density at radius 1 is 1.50 bits per heavy atom. The lowest BCUT2D eigenvalue weighted by Gasteiger charge is -2.04. The molecule has 0 fully saturated rings. The first-order valence-corrected chi connectivity index (χ1v) is 5.66. The zero-order valence-corrected chi connectivity index (χ0v) is 8.50. The van der Waals surface area contributed by atoms with Gasteiger partial charge in [-0.3, -0.25) is 0 Å². The average molecular weight is 210 g/mol. The number of nitrogens with zero attached hydrogens (tertiary/aromatic N) is 1. The van der Waals surface area contributed by atoms with E-state index in [4.69, 9.17) is 12.3 Å². The number of sulfone groups is 1. The highest BCUT2D eigenvalue weighted by Crippen LogP contribution is 2.27. The van der Waals surface area contributed by atoms with Crippen molar-refractivity contribution in [3.05, 3.63) is 29.6 Å². The van der Waals surface area contributed by atoms with Gasteiger partial charge in [0.25, 0.3) is 0 Å². The maximum absolute atomic E-state index is 11.5. The van der Waals surface area contributed by atoms with Crippen molar-refractivity contribution in [2.24, 2.45) is 0 Å². The van der Waals surface area contributed by atoms with Gasteiger partial charge in [-0.15, -0.1) is 0 Å². The molecule has 0 aromatic heterocycles. The van der Waals surface area contributed by atoms with E-state index in [1.54, 1.807) is 6.92 Å². The Balaban J connectivity index is 3.45. The van der Waals surface area contributed by atoms with Gasteiger partial charge in [0, 0.05) is 5.69 Å². The van der Waals surface area contributed by atoms with Crippen LogP contribution < -0.4 is 5.73 Å². The van der Waals surface area contributed by atoms with Crippen LogP contribution in [0.25, 0.3) is 4.85 Å². The summed E-state index contributed by atoms with van der Waals surface area (Å²) in [5.41, 5.74) is 5.93. The lowest BCUT2D eigenvalue weighted by atomic mass is 10.3. The zero-order valence-electron chi connectivity index (χ0n) is 7.69. The van der Waals surface area contributed by atoms with Crippen molar-refractivity contribution in [3.8, 4) is 0 Å². The summed E-state index contributed by atoms with van der Waals surface area (Å²) in [5.74, 6) is -0.0144. The van der Waals surface area contributed by atoms with Gasteiger partial charge in [-0.25, -0.2) is 13.3 Å². The van der Waals surface area contributed by atoms with Crippen LogP contribution in [0.4, 0.5) is 11.4 Å². The van der Waals surface area contributed by atoms with Crippen LogP contribution >= 0.6 is 0 Å². The van der Waals surface area contributed by atoms with Crippen molar-refractivity contribution in [2.45, 2.75) is 11.8 Å². The van der Waals surface area contributed by atoms with Crippen LogP contribution in [0, 0.1) is 6.57 Å². The first-order valence-electron chi connectivity index (χ1n) is 4.01. The van der Waals surface area contributed by atoms with E-state index in [0.29, 0.717) is 5.69 Å². The summed E-state index contributed by atoms with van der Waals surface area (Å²) in [6, 6.07) is 4.23. The molecule has 14 heavy (non-hydrogen) atoms. The average Bonchev–Trinajstić information content (AvgIpc) is 2.17. The van der Waals surface area contributed by atoms with Gasteiger partial charge >= 0.3 is 0 Å². The highest BCUT2D eigenvalue weighted by atomic mass is 32.2. The second-order valence-corrected chi connectivity index (χ2v) is 4.99. The van der Waals surface area contributed by atoms with Gasteiger partial charge in [0.1, 0.15) is 0 Å². The zero-order chi connectivity index (χ0) is 10.8. The second-order valence-electron chi connectivity index (χ2n) is 2.74. The summed E-state index contributed by atoms with van der Waals surface area (Å²) < 4.78 is 23.0. The largest absolute Gasteiger partial charge is 0.400 e. The first kappa shape index (κ1) is 10.5. The van der Waals surface area contributed by atoms with Crippen LogP contribution in [0.2, 0.25) is 0 Å². The molecule has 1 aromatic rings. The molecule has 0 aliphatic carbocycles. The number of benzene rings is 1. The summed E-state index contributed by atoms with van der Waals surface area (Å²) in [4.78, 5) is 3.20. The summed E-state index contributed by atoms with van der Waals surface area (Å²) in [6.07, 6.45) is 0. The van der Waals surface area contributed by atoms with Gasteiger partial charge in [0.2, 0.25) is 5.69 Å². The smallest absolute Gasteiger partial charge is 0.207 e. The molecule has 1 aromatic carbocycles. The molecule has 1 rings (SSSR count). The minimum absolute atomic E-state index is 0.0144. The Morgan fingerprint density at radius 2 is 2.14 bits per heavy atom. The van der Waals surface area contributed by atoms with Crippen LogP contribution in [0.15, 0.2) is 23.1 Å². The molecule has 0 amide bonds. The summed E-state index contributed by atoms with van der Waals surface area (Å²) in [5, 5.41) is 0. The third kappa shape index (κ3) is 1.86.